The molecule has 0 radical (unpaired) electrons. The molecule has 1 heterocycles. The highest BCUT2D eigenvalue weighted by Gasteiger charge is 2.16. The molecule has 2 N–H and O–H groups in total. The van der Waals surface area contributed by atoms with E-state index in [0.717, 1.165) is 11.3 Å². The van der Waals surface area contributed by atoms with Crippen LogP contribution in [0.2, 0.25) is 5.02 Å². The van der Waals surface area contributed by atoms with Crippen molar-refractivity contribution in [1.29, 1.82) is 0 Å². The number of amides is 2. The van der Waals surface area contributed by atoms with Crippen LogP contribution >= 0.6 is 11.6 Å². The van der Waals surface area contributed by atoms with Crippen molar-refractivity contribution in [2.75, 3.05) is 10.6 Å². The fraction of sp³-hybridized carbons (Fsp3) is 0.125. The number of rotatable bonds is 2. The summed E-state index contributed by atoms with van der Waals surface area (Å²) in [5.74, 6) is 0.414. The number of hydrogen-bond acceptors (Lipinski definition) is 3. The summed E-state index contributed by atoms with van der Waals surface area (Å²) < 4.78 is 5.24. The molecular formula is C16H13ClN2O3. The van der Waals surface area contributed by atoms with Crippen LogP contribution in [-0.4, -0.2) is 12.0 Å². The summed E-state index contributed by atoms with van der Waals surface area (Å²) >= 11 is 5.97. The molecule has 3 rings (SSSR count). The topological polar surface area (TPSA) is 67.4 Å². The number of para-hydroxylation sites is 1. The lowest BCUT2D eigenvalue weighted by Gasteiger charge is -2.17. The van der Waals surface area contributed by atoms with Crippen LogP contribution in [0.3, 0.4) is 0 Å². The lowest BCUT2D eigenvalue weighted by Crippen LogP contribution is -2.20. The first-order chi connectivity index (χ1) is 10.6. The number of halogens is 1. The molecule has 5 nitrogen and oxygen atoms in total. The van der Waals surface area contributed by atoms with E-state index in [4.69, 9.17) is 16.3 Å². The van der Waals surface area contributed by atoms with Crippen LogP contribution in [0.25, 0.3) is 0 Å². The molecule has 0 saturated heterocycles. The molecule has 2 aromatic rings. The van der Waals surface area contributed by atoms with Gasteiger partial charge in [-0.1, -0.05) is 23.7 Å². The van der Waals surface area contributed by atoms with E-state index < -0.39 is 6.09 Å². The SMILES string of the molecule is O=C1CCc2cc(OC(=O)Nc3ccccc3Cl)ccc2N1. The Morgan fingerprint density at radius 3 is 2.82 bits per heavy atom. The van der Waals surface area contributed by atoms with Gasteiger partial charge in [0.15, 0.2) is 0 Å². The highest BCUT2D eigenvalue weighted by Crippen LogP contribution is 2.27. The number of carbonyl (C=O) groups is 2. The number of nitrogens with one attached hydrogen (secondary N) is 2. The highest BCUT2D eigenvalue weighted by atomic mass is 35.5. The van der Waals surface area contributed by atoms with E-state index in [-0.39, 0.29) is 5.91 Å². The van der Waals surface area contributed by atoms with Gasteiger partial charge in [0, 0.05) is 12.1 Å². The average molecular weight is 317 g/mol. The number of benzene rings is 2. The van der Waals surface area contributed by atoms with E-state index in [2.05, 4.69) is 10.6 Å². The summed E-state index contributed by atoms with van der Waals surface area (Å²) in [4.78, 5) is 23.2. The van der Waals surface area contributed by atoms with Gasteiger partial charge in [-0.3, -0.25) is 10.1 Å². The summed E-state index contributed by atoms with van der Waals surface area (Å²) in [5, 5.41) is 5.80. The summed E-state index contributed by atoms with van der Waals surface area (Å²) in [6.07, 6.45) is 0.445. The van der Waals surface area contributed by atoms with Gasteiger partial charge in [-0.15, -0.1) is 0 Å². The number of carbonyl (C=O) groups excluding carboxylic acids is 2. The van der Waals surface area contributed by atoms with Crippen molar-refractivity contribution in [2.24, 2.45) is 0 Å². The Balaban J connectivity index is 1.70. The molecule has 1 aliphatic rings. The smallest absolute Gasteiger partial charge is 0.410 e. The van der Waals surface area contributed by atoms with E-state index in [1.54, 1.807) is 42.5 Å². The van der Waals surface area contributed by atoms with Gasteiger partial charge >= 0.3 is 6.09 Å². The average Bonchev–Trinajstić information content (AvgIpc) is 2.50. The van der Waals surface area contributed by atoms with E-state index in [0.29, 0.717) is 29.3 Å². The second-order valence-electron chi connectivity index (χ2n) is 4.86. The Bertz CT molecular complexity index is 746. The van der Waals surface area contributed by atoms with E-state index in [9.17, 15) is 9.59 Å². The fourth-order valence-corrected chi connectivity index (χ4v) is 2.41. The predicted molar refractivity (Wildman–Crippen MR) is 84.5 cm³/mol. The van der Waals surface area contributed by atoms with Crippen LogP contribution < -0.4 is 15.4 Å². The summed E-state index contributed by atoms with van der Waals surface area (Å²) in [7, 11) is 0. The first-order valence-electron chi connectivity index (χ1n) is 6.78. The third-order valence-corrected chi connectivity index (χ3v) is 3.62. The highest BCUT2D eigenvalue weighted by molar-refractivity contribution is 6.33. The zero-order chi connectivity index (χ0) is 15.5. The number of ether oxygens (including phenoxy) is 1. The number of aryl methyl sites for hydroxylation is 1. The van der Waals surface area contributed by atoms with Crippen LogP contribution in [0.1, 0.15) is 12.0 Å². The number of hydrogen-bond donors (Lipinski definition) is 2. The summed E-state index contributed by atoms with van der Waals surface area (Å²) in [5.41, 5.74) is 2.19. The largest absolute Gasteiger partial charge is 0.417 e. The van der Waals surface area contributed by atoms with Gasteiger partial charge in [-0.05, 0) is 42.3 Å². The van der Waals surface area contributed by atoms with Gasteiger partial charge < -0.3 is 10.1 Å². The lowest BCUT2D eigenvalue weighted by molar-refractivity contribution is -0.116. The maximum atomic E-state index is 11.9. The Morgan fingerprint density at radius 1 is 1.18 bits per heavy atom. The Kier molecular flexibility index (Phi) is 3.98. The van der Waals surface area contributed by atoms with E-state index >= 15 is 0 Å². The maximum Gasteiger partial charge on any atom is 0.417 e. The molecule has 0 atom stereocenters. The normalized spacial score (nSPS) is 13.0. The van der Waals surface area contributed by atoms with E-state index in [1.807, 2.05) is 0 Å². The molecule has 1 aliphatic heterocycles. The van der Waals surface area contributed by atoms with Gasteiger partial charge in [-0.25, -0.2) is 4.79 Å². The van der Waals surface area contributed by atoms with E-state index in [1.165, 1.54) is 0 Å². The molecular weight excluding hydrogens is 304 g/mol. The molecule has 0 aromatic heterocycles. The quantitative estimate of drug-likeness (QED) is 0.884. The van der Waals surface area contributed by atoms with Gasteiger partial charge in [-0.2, -0.15) is 0 Å². The second-order valence-corrected chi connectivity index (χ2v) is 5.27. The number of anilines is 2. The maximum absolute atomic E-state index is 11.9. The van der Waals surface area contributed by atoms with Crippen molar-refractivity contribution in [3.63, 3.8) is 0 Å². The van der Waals surface area contributed by atoms with Gasteiger partial charge in [0.25, 0.3) is 0 Å². The summed E-state index contributed by atoms with van der Waals surface area (Å²) in [6, 6.07) is 12.0. The molecule has 22 heavy (non-hydrogen) atoms. The zero-order valence-corrected chi connectivity index (χ0v) is 12.3. The van der Waals surface area contributed by atoms with Crippen molar-refractivity contribution in [3.8, 4) is 5.75 Å². The third-order valence-electron chi connectivity index (χ3n) is 3.29. The Morgan fingerprint density at radius 2 is 2.00 bits per heavy atom. The first-order valence-corrected chi connectivity index (χ1v) is 7.16. The molecule has 112 valence electrons. The van der Waals surface area contributed by atoms with Crippen molar-refractivity contribution in [1.82, 2.24) is 0 Å². The molecule has 6 heteroatoms. The van der Waals surface area contributed by atoms with Crippen LogP contribution in [0.4, 0.5) is 16.2 Å². The zero-order valence-electron chi connectivity index (χ0n) is 11.6. The van der Waals surface area contributed by atoms with Gasteiger partial charge in [0.05, 0.1) is 10.7 Å². The minimum absolute atomic E-state index is 0.00219. The Labute approximate surface area is 132 Å². The van der Waals surface area contributed by atoms with Crippen LogP contribution in [0.15, 0.2) is 42.5 Å². The van der Waals surface area contributed by atoms with Crippen LogP contribution in [0, 0.1) is 0 Å². The minimum Gasteiger partial charge on any atom is -0.410 e. The molecule has 0 spiro atoms. The standard InChI is InChI=1S/C16H13ClN2O3/c17-12-3-1-2-4-14(12)19-16(21)22-11-6-7-13-10(9-11)5-8-15(20)18-13/h1-4,6-7,9H,5,8H2,(H,18,20)(H,19,21). The number of fused-ring (bicyclic) bond motifs is 1. The Hall–Kier alpha value is -2.53. The second kappa shape index (κ2) is 6.07. The van der Waals surface area contributed by atoms with Crippen LogP contribution in [0.5, 0.6) is 5.75 Å². The van der Waals surface area contributed by atoms with Crippen LogP contribution in [-0.2, 0) is 11.2 Å². The predicted octanol–water partition coefficient (Wildman–Crippen LogP) is 3.84. The lowest BCUT2D eigenvalue weighted by atomic mass is 10.0. The molecule has 2 amide bonds. The van der Waals surface area contributed by atoms with Crippen molar-refractivity contribution in [3.05, 3.63) is 53.1 Å². The summed E-state index contributed by atoms with van der Waals surface area (Å²) in [6.45, 7) is 0. The minimum atomic E-state index is -0.618. The van der Waals surface area contributed by atoms with Crippen molar-refractivity contribution < 1.29 is 14.3 Å². The molecule has 0 saturated carbocycles. The van der Waals surface area contributed by atoms with Crippen molar-refractivity contribution >= 4 is 35.0 Å². The fourth-order valence-electron chi connectivity index (χ4n) is 2.23. The molecule has 0 bridgehead atoms. The van der Waals surface area contributed by atoms with Gasteiger partial charge in [0.1, 0.15) is 5.75 Å². The molecule has 0 aliphatic carbocycles. The third kappa shape index (κ3) is 3.20. The monoisotopic (exact) mass is 316 g/mol. The van der Waals surface area contributed by atoms with Crippen molar-refractivity contribution in [2.45, 2.75) is 12.8 Å². The molecule has 0 fully saturated rings. The first kappa shape index (κ1) is 14.4. The molecule has 0 unspecified atom stereocenters. The molecule has 2 aromatic carbocycles. The van der Waals surface area contributed by atoms with Gasteiger partial charge in [0.2, 0.25) is 5.91 Å².